The molecule has 2 aliphatic heterocycles. The Bertz CT molecular complexity index is 445. The summed E-state index contributed by atoms with van der Waals surface area (Å²) in [6, 6.07) is 10.2. The smallest absolute Gasteiger partial charge is 0.190 e. The van der Waals surface area contributed by atoms with Gasteiger partial charge in [0.1, 0.15) is 12.2 Å². The topological polar surface area (TPSA) is 36.9 Å². The second kappa shape index (κ2) is 5.45. The molecule has 0 saturated carbocycles. The minimum absolute atomic E-state index is 0.0322. The molecule has 20 heavy (non-hydrogen) atoms. The van der Waals surface area contributed by atoms with Crippen LogP contribution in [0.15, 0.2) is 30.3 Å². The largest absolute Gasteiger partial charge is 0.368 e. The van der Waals surface area contributed by atoms with Gasteiger partial charge in [-0.15, -0.1) is 0 Å². The molecule has 0 aromatic heterocycles. The van der Waals surface area contributed by atoms with Crippen molar-refractivity contribution in [3.8, 4) is 0 Å². The Labute approximate surface area is 120 Å². The molecule has 1 aromatic rings. The van der Waals surface area contributed by atoms with Crippen molar-refractivity contribution in [3.63, 3.8) is 0 Å². The Kier molecular flexibility index (Phi) is 3.82. The second-order valence-electron chi connectivity index (χ2n) is 5.81. The maximum atomic E-state index is 6.07. The minimum atomic E-state index is -0.595. The summed E-state index contributed by atoms with van der Waals surface area (Å²) >= 11 is 0. The molecule has 2 fully saturated rings. The van der Waals surface area contributed by atoms with Crippen molar-refractivity contribution in [2.45, 2.75) is 64.2 Å². The van der Waals surface area contributed by atoms with Gasteiger partial charge in [0.15, 0.2) is 12.1 Å². The summed E-state index contributed by atoms with van der Waals surface area (Å²) in [5.74, 6) is -0.595. The summed E-state index contributed by atoms with van der Waals surface area (Å²) < 4.78 is 23.7. The molecule has 4 heteroatoms. The number of hydrogen-bond donors (Lipinski definition) is 0. The number of fused-ring (bicyclic) bond motifs is 1. The lowest BCUT2D eigenvalue weighted by Crippen LogP contribution is -2.36. The summed E-state index contributed by atoms with van der Waals surface area (Å²) in [6.45, 7) is 6.47. The number of benzene rings is 1. The highest BCUT2D eigenvalue weighted by Crippen LogP contribution is 2.39. The predicted octanol–water partition coefficient (Wildman–Crippen LogP) is 2.86. The van der Waals surface area contributed by atoms with Gasteiger partial charge >= 0.3 is 0 Å². The number of ether oxygens (including phenoxy) is 4. The first-order valence-corrected chi connectivity index (χ1v) is 7.26. The van der Waals surface area contributed by atoms with Crippen LogP contribution in [0.2, 0.25) is 0 Å². The molecule has 4 atom stereocenters. The monoisotopic (exact) mass is 278 g/mol. The van der Waals surface area contributed by atoms with Crippen molar-refractivity contribution in [1.82, 2.24) is 0 Å². The quantitative estimate of drug-likeness (QED) is 0.848. The van der Waals surface area contributed by atoms with Crippen LogP contribution in [0.25, 0.3) is 0 Å². The van der Waals surface area contributed by atoms with Gasteiger partial charge in [-0.05, 0) is 25.8 Å². The lowest BCUT2D eigenvalue weighted by Gasteiger charge is -2.25. The summed E-state index contributed by atoms with van der Waals surface area (Å²) in [7, 11) is 0. The lowest BCUT2D eigenvalue weighted by molar-refractivity contribution is -0.219. The van der Waals surface area contributed by atoms with Gasteiger partial charge in [-0.2, -0.15) is 0 Å². The third-order valence-corrected chi connectivity index (χ3v) is 3.77. The summed E-state index contributed by atoms with van der Waals surface area (Å²) in [5.41, 5.74) is 1.16. The van der Waals surface area contributed by atoms with Crippen LogP contribution in [0.3, 0.4) is 0 Å². The van der Waals surface area contributed by atoms with Crippen molar-refractivity contribution in [2.75, 3.05) is 0 Å². The third kappa shape index (κ3) is 2.74. The first kappa shape index (κ1) is 14.0. The normalized spacial score (nSPS) is 35.1. The molecule has 2 aliphatic rings. The average Bonchev–Trinajstić information content (AvgIpc) is 2.89. The van der Waals surface area contributed by atoms with Crippen molar-refractivity contribution < 1.29 is 18.9 Å². The molecular weight excluding hydrogens is 256 g/mol. The third-order valence-electron chi connectivity index (χ3n) is 3.77. The van der Waals surface area contributed by atoms with E-state index in [2.05, 4.69) is 19.1 Å². The zero-order valence-corrected chi connectivity index (χ0v) is 12.2. The molecule has 0 aliphatic carbocycles. The molecule has 0 spiro atoms. The van der Waals surface area contributed by atoms with Gasteiger partial charge in [-0.3, -0.25) is 0 Å². The van der Waals surface area contributed by atoms with Gasteiger partial charge < -0.3 is 18.9 Å². The Morgan fingerprint density at radius 3 is 2.60 bits per heavy atom. The zero-order valence-electron chi connectivity index (χ0n) is 12.2. The predicted molar refractivity (Wildman–Crippen MR) is 74.0 cm³/mol. The van der Waals surface area contributed by atoms with E-state index in [0.717, 1.165) is 12.0 Å². The molecule has 1 aromatic carbocycles. The molecule has 3 rings (SSSR count). The summed E-state index contributed by atoms with van der Waals surface area (Å²) in [6.07, 6.45) is 0.394. The molecule has 0 N–H and O–H groups in total. The van der Waals surface area contributed by atoms with Crippen molar-refractivity contribution in [3.05, 3.63) is 35.9 Å². The average molecular weight is 278 g/mol. The van der Waals surface area contributed by atoms with Gasteiger partial charge in [-0.25, -0.2) is 0 Å². The fraction of sp³-hybridized carbons (Fsp3) is 0.625. The van der Waals surface area contributed by atoms with E-state index in [1.165, 1.54) is 0 Å². The first-order valence-electron chi connectivity index (χ1n) is 7.26. The van der Waals surface area contributed by atoms with Crippen LogP contribution in [0.1, 0.15) is 32.8 Å². The van der Waals surface area contributed by atoms with E-state index in [0.29, 0.717) is 6.61 Å². The van der Waals surface area contributed by atoms with Crippen LogP contribution < -0.4 is 0 Å². The van der Waals surface area contributed by atoms with Gasteiger partial charge in [0.05, 0.1) is 12.7 Å². The Morgan fingerprint density at radius 2 is 1.90 bits per heavy atom. The SMILES string of the molecule is CC[C@H]1O[C@@H]2OC(C)(C)O[C@H]2C1OCc1ccccc1. The van der Waals surface area contributed by atoms with E-state index >= 15 is 0 Å². The summed E-state index contributed by atoms with van der Waals surface area (Å²) in [4.78, 5) is 0. The molecular formula is C16H22O4. The molecule has 0 amide bonds. The van der Waals surface area contributed by atoms with E-state index in [-0.39, 0.29) is 24.6 Å². The van der Waals surface area contributed by atoms with Gasteiger partial charge in [-0.1, -0.05) is 37.3 Å². The zero-order chi connectivity index (χ0) is 14.2. The summed E-state index contributed by atoms with van der Waals surface area (Å²) in [5, 5.41) is 0. The van der Waals surface area contributed by atoms with Crippen LogP contribution in [0.5, 0.6) is 0 Å². The van der Waals surface area contributed by atoms with Crippen molar-refractivity contribution in [1.29, 1.82) is 0 Å². The molecule has 2 saturated heterocycles. The van der Waals surface area contributed by atoms with Gasteiger partial charge in [0.25, 0.3) is 0 Å². The Balaban J connectivity index is 1.67. The standard InChI is InChI=1S/C16H22O4/c1-4-12-13(17-10-11-8-6-5-7-9-11)14-15(18-12)20-16(2,3)19-14/h5-9,12-15H,4,10H2,1-3H3/t12-,13?,14+,15-/m1/s1. The molecule has 0 bridgehead atoms. The van der Waals surface area contributed by atoms with E-state index in [1.807, 2.05) is 32.0 Å². The molecule has 4 nitrogen and oxygen atoms in total. The van der Waals surface area contributed by atoms with E-state index in [4.69, 9.17) is 18.9 Å². The lowest BCUT2D eigenvalue weighted by atomic mass is 10.1. The van der Waals surface area contributed by atoms with E-state index in [1.54, 1.807) is 0 Å². The maximum absolute atomic E-state index is 6.07. The fourth-order valence-electron chi connectivity index (χ4n) is 2.84. The maximum Gasteiger partial charge on any atom is 0.190 e. The molecule has 1 unspecified atom stereocenters. The van der Waals surface area contributed by atoms with Crippen molar-refractivity contribution in [2.24, 2.45) is 0 Å². The minimum Gasteiger partial charge on any atom is -0.368 e. The van der Waals surface area contributed by atoms with Crippen LogP contribution in [-0.4, -0.2) is 30.4 Å². The highest BCUT2D eigenvalue weighted by Gasteiger charge is 2.54. The molecule has 2 heterocycles. The number of hydrogen-bond acceptors (Lipinski definition) is 4. The van der Waals surface area contributed by atoms with Gasteiger partial charge in [0, 0.05) is 0 Å². The second-order valence-corrected chi connectivity index (χ2v) is 5.81. The number of rotatable bonds is 4. The molecule has 110 valence electrons. The first-order chi connectivity index (χ1) is 9.59. The van der Waals surface area contributed by atoms with Crippen LogP contribution in [0.4, 0.5) is 0 Å². The van der Waals surface area contributed by atoms with Crippen LogP contribution in [0, 0.1) is 0 Å². The van der Waals surface area contributed by atoms with Crippen LogP contribution in [-0.2, 0) is 25.6 Å². The fourth-order valence-corrected chi connectivity index (χ4v) is 2.84. The van der Waals surface area contributed by atoms with Gasteiger partial charge in [0.2, 0.25) is 0 Å². The highest BCUT2D eigenvalue weighted by atomic mass is 16.8. The molecule has 0 radical (unpaired) electrons. The van der Waals surface area contributed by atoms with Crippen molar-refractivity contribution >= 4 is 0 Å². The van der Waals surface area contributed by atoms with E-state index in [9.17, 15) is 0 Å². The Hall–Kier alpha value is -0.940. The highest BCUT2D eigenvalue weighted by molar-refractivity contribution is 5.13. The Morgan fingerprint density at radius 1 is 1.15 bits per heavy atom. The van der Waals surface area contributed by atoms with Crippen LogP contribution >= 0.6 is 0 Å². The van der Waals surface area contributed by atoms with E-state index < -0.39 is 5.79 Å².